The molecule has 0 aliphatic rings. The van der Waals surface area contributed by atoms with E-state index in [1.54, 1.807) is 0 Å². The van der Waals surface area contributed by atoms with Crippen molar-refractivity contribution in [1.29, 1.82) is 5.26 Å². The van der Waals surface area contributed by atoms with E-state index in [0.717, 1.165) is 17.6 Å². The van der Waals surface area contributed by atoms with Crippen LogP contribution in [0.5, 0.6) is 0 Å². The molecule has 3 nitrogen and oxygen atoms in total. The van der Waals surface area contributed by atoms with Crippen molar-refractivity contribution in [2.24, 2.45) is 0 Å². The van der Waals surface area contributed by atoms with Crippen molar-refractivity contribution >= 4 is 33.8 Å². The molecule has 0 aliphatic heterocycles. The zero-order chi connectivity index (χ0) is 14.4. The number of rotatable bonds is 4. The first-order valence-corrected chi connectivity index (χ1v) is 7.07. The lowest BCUT2D eigenvalue weighted by molar-refractivity contribution is 0.457. The molecule has 102 valence electrons. The normalized spacial score (nSPS) is 10.0. The first kappa shape index (κ1) is 14.3. The van der Waals surface area contributed by atoms with Crippen molar-refractivity contribution in [2.75, 3.05) is 18.4 Å². The van der Waals surface area contributed by atoms with E-state index in [4.69, 9.17) is 17.5 Å². The first-order chi connectivity index (χ1) is 9.76. The maximum absolute atomic E-state index is 8.68. The highest BCUT2D eigenvalue weighted by molar-refractivity contribution is 7.80. The Morgan fingerprint density at radius 3 is 2.75 bits per heavy atom. The predicted molar refractivity (Wildman–Crippen MR) is 87.6 cm³/mol. The number of anilines is 1. The summed E-state index contributed by atoms with van der Waals surface area (Å²) >= 11 is 5.44. The molecule has 0 bridgehead atoms. The van der Waals surface area contributed by atoms with E-state index in [9.17, 15) is 0 Å². The number of nitrogens with zero attached hydrogens (tertiary/aromatic N) is 2. The summed E-state index contributed by atoms with van der Waals surface area (Å²) in [4.78, 5) is 2.00. The van der Waals surface area contributed by atoms with Crippen LogP contribution >= 0.6 is 12.2 Å². The van der Waals surface area contributed by atoms with Crippen LogP contribution in [0.15, 0.2) is 42.5 Å². The SMILES string of the molecule is CCN(CCC#N)C(=S)Nc1cccc2ccccc12. The molecule has 20 heavy (non-hydrogen) atoms. The Kier molecular flexibility index (Phi) is 4.91. The van der Waals surface area contributed by atoms with Crippen LogP contribution in [0.3, 0.4) is 0 Å². The molecule has 0 amide bonds. The third-order valence-electron chi connectivity index (χ3n) is 3.19. The van der Waals surface area contributed by atoms with E-state index in [-0.39, 0.29) is 0 Å². The van der Waals surface area contributed by atoms with Crippen LogP contribution in [0.25, 0.3) is 10.8 Å². The Morgan fingerprint density at radius 1 is 1.25 bits per heavy atom. The molecule has 2 aromatic carbocycles. The monoisotopic (exact) mass is 283 g/mol. The lowest BCUT2D eigenvalue weighted by atomic mass is 10.1. The van der Waals surface area contributed by atoms with E-state index >= 15 is 0 Å². The van der Waals surface area contributed by atoms with Crippen LogP contribution in [0, 0.1) is 11.3 Å². The van der Waals surface area contributed by atoms with Crippen LogP contribution in [-0.4, -0.2) is 23.1 Å². The van der Waals surface area contributed by atoms with Gasteiger partial charge in [0, 0.05) is 24.2 Å². The summed E-state index contributed by atoms with van der Waals surface area (Å²) in [5.41, 5.74) is 1.00. The minimum Gasteiger partial charge on any atom is -0.348 e. The Labute approximate surface area is 124 Å². The van der Waals surface area contributed by atoms with Gasteiger partial charge in [-0.05, 0) is 30.6 Å². The number of nitriles is 1. The van der Waals surface area contributed by atoms with Crippen molar-refractivity contribution in [3.8, 4) is 6.07 Å². The van der Waals surface area contributed by atoms with Crippen molar-refractivity contribution in [3.63, 3.8) is 0 Å². The van der Waals surface area contributed by atoms with E-state index in [1.807, 2.05) is 36.1 Å². The molecule has 4 heteroatoms. The molecule has 0 aliphatic carbocycles. The van der Waals surface area contributed by atoms with E-state index in [2.05, 4.69) is 29.6 Å². The Balaban J connectivity index is 2.19. The Bertz CT molecular complexity index is 640. The van der Waals surface area contributed by atoms with Crippen molar-refractivity contribution in [3.05, 3.63) is 42.5 Å². The van der Waals surface area contributed by atoms with Crippen LogP contribution in [0.1, 0.15) is 13.3 Å². The molecular formula is C16H17N3S. The molecule has 0 heterocycles. The molecule has 0 spiro atoms. The van der Waals surface area contributed by atoms with Gasteiger partial charge in [-0.1, -0.05) is 36.4 Å². The number of fused-ring (bicyclic) bond motifs is 1. The lowest BCUT2D eigenvalue weighted by Crippen LogP contribution is -2.35. The second-order valence-electron chi connectivity index (χ2n) is 4.44. The van der Waals surface area contributed by atoms with Gasteiger partial charge in [0.2, 0.25) is 0 Å². The van der Waals surface area contributed by atoms with Crippen molar-refractivity contribution < 1.29 is 0 Å². The van der Waals surface area contributed by atoms with Gasteiger partial charge in [0.05, 0.1) is 12.5 Å². The quantitative estimate of drug-likeness (QED) is 0.867. The topological polar surface area (TPSA) is 39.1 Å². The zero-order valence-corrected chi connectivity index (χ0v) is 12.3. The minimum absolute atomic E-state index is 0.477. The lowest BCUT2D eigenvalue weighted by Gasteiger charge is -2.23. The first-order valence-electron chi connectivity index (χ1n) is 6.67. The van der Waals surface area contributed by atoms with E-state index in [1.165, 1.54) is 5.39 Å². The minimum atomic E-state index is 0.477. The molecular weight excluding hydrogens is 266 g/mol. The smallest absolute Gasteiger partial charge is 0.173 e. The molecule has 0 fully saturated rings. The molecule has 0 unspecified atom stereocenters. The van der Waals surface area contributed by atoms with Gasteiger partial charge in [0.25, 0.3) is 0 Å². The summed E-state index contributed by atoms with van der Waals surface area (Å²) in [6.07, 6.45) is 0.477. The fourth-order valence-electron chi connectivity index (χ4n) is 2.12. The van der Waals surface area contributed by atoms with Gasteiger partial charge in [-0.25, -0.2) is 0 Å². The number of nitrogens with one attached hydrogen (secondary N) is 1. The summed E-state index contributed by atoms with van der Waals surface area (Å²) in [7, 11) is 0. The molecule has 0 radical (unpaired) electrons. The average molecular weight is 283 g/mol. The molecule has 1 N–H and O–H groups in total. The van der Waals surface area contributed by atoms with Crippen LogP contribution < -0.4 is 5.32 Å². The fourth-order valence-corrected chi connectivity index (χ4v) is 2.45. The summed E-state index contributed by atoms with van der Waals surface area (Å²) < 4.78 is 0. The third-order valence-corrected chi connectivity index (χ3v) is 3.55. The number of thiocarbonyl (C=S) groups is 1. The average Bonchev–Trinajstić information content (AvgIpc) is 2.48. The molecule has 2 rings (SSSR count). The van der Waals surface area contributed by atoms with Gasteiger partial charge in [-0.3, -0.25) is 0 Å². The molecule has 0 aromatic heterocycles. The highest BCUT2D eigenvalue weighted by atomic mass is 32.1. The summed E-state index contributed by atoms with van der Waals surface area (Å²) in [5.74, 6) is 0. The molecule has 2 aromatic rings. The summed E-state index contributed by atoms with van der Waals surface area (Å²) in [5, 5.41) is 15.0. The maximum atomic E-state index is 8.68. The second-order valence-corrected chi connectivity index (χ2v) is 4.83. The predicted octanol–water partition coefficient (Wildman–Crippen LogP) is 3.77. The summed E-state index contributed by atoms with van der Waals surface area (Å²) in [6, 6.07) is 16.5. The standard InChI is InChI=1S/C16H17N3S/c1-2-19(12-6-11-17)16(20)18-15-10-5-8-13-7-3-4-9-14(13)15/h3-5,7-10H,2,6,12H2,1H3,(H,18,20). The highest BCUT2D eigenvalue weighted by Crippen LogP contribution is 2.23. The summed E-state index contributed by atoms with van der Waals surface area (Å²) in [6.45, 7) is 3.48. The Hall–Kier alpha value is -2.12. The van der Waals surface area contributed by atoms with Crippen molar-refractivity contribution in [1.82, 2.24) is 4.90 Å². The van der Waals surface area contributed by atoms with Gasteiger partial charge in [0.1, 0.15) is 0 Å². The van der Waals surface area contributed by atoms with Gasteiger partial charge < -0.3 is 10.2 Å². The molecule has 0 saturated carbocycles. The van der Waals surface area contributed by atoms with Crippen LogP contribution in [0.2, 0.25) is 0 Å². The number of hydrogen-bond acceptors (Lipinski definition) is 2. The van der Waals surface area contributed by atoms with E-state index in [0.29, 0.717) is 18.1 Å². The van der Waals surface area contributed by atoms with Gasteiger partial charge in [-0.2, -0.15) is 5.26 Å². The highest BCUT2D eigenvalue weighted by Gasteiger charge is 2.08. The molecule has 0 atom stereocenters. The number of hydrogen-bond donors (Lipinski definition) is 1. The number of benzene rings is 2. The maximum Gasteiger partial charge on any atom is 0.173 e. The van der Waals surface area contributed by atoms with Crippen molar-refractivity contribution in [2.45, 2.75) is 13.3 Å². The Morgan fingerprint density at radius 2 is 2.00 bits per heavy atom. The molecule has 0 saturated heterocycles. The van der Waals surface area contributed by atoms with Crippen LogP contribution in [-0.2, 0) is 0 Å². The zero-order valence-electron chi connectivity index (χ0n) is 11.5. The fraction of sp³-hybridized carbons (Fsp3) is 0.250. The third kappa shape index (κ3) is 3.25. The van der Waals surface area contributed by atoms with Gasteiger partial charge in [0.15, 0.2) is 5.11 Å². The van der Waals surface area contributed by atoms with Gasteiger partial charge in [-0.15, -0.1) is 0 Å². The van der Waals surface area contributed by atoms with Crippen LogP contribution in [0.4, 0.5) is 5.69 Å². The second kappa shape index (κ2) is 6.88. The van der Waals surface area contributed by atoms with Gasteiger partial charge >= 0.3 is 0 Å². The van der Waals surface area contributed by atoms with E-state index < -0.39 is 0 Å². The largest absolute Gasteiger partial charge is 0.348 e.